The third kappa shape index (κ3) is 4.01. The highest BCUT2D eigenvalue weighted by molar-refractivity contribution is 5.73. The summed E-state index contributed by atoms with van der Waals surface area (Å²) in [7, 11) is 0. The molecule has 0 fully saturated rings. The summed E-state index contributed by atoms with van der Waals surface area (Å²) in [6.45, 7) is 3.00. The van der Waals surface area contributed by atoms with Gasteiger partial charge in [0.05, 0.1) is 19.2 Å². The van der Waals surface area contributed by atoms with Gasteiger partial charge in [0.15, 0.2) is 0 Å². The molecule has 0 radical (unpaired) electrons. The Labute approximate surface area is 117 Å². The van der Waals surface area contributed by atoms with E-state index in [1.165, 1.54) is 0 Å². The molecular formula is C14H18N4O2. The van der Waals surface area contributed by atoms with E-state index in [0.717, 1.165) is 22.7 Å². The molecule has 1 amide bonds. The van der Waals surface area contributed by atoms with Crippen LogP contribution in [0, 0.1) is 6.92 Å². The molecule has 2 rings (SSSR count). The second kappa shape index (κ2) is 6.60. The molecule has 4 N–H and O–H groups in total. The van der Waals surface area contributed by atoms with Crippen molar-refractivity contribution in [2.75, 3.05) is 11.9 Å². The molecule has 1 aromatic heterocycles. The number of aryl methyl sites for hydroxylation is 1. The van der Waals surface area contributed by atoms with Gasteiger partial charge in [-0.3, -0.25) is 9.89 Å². The van der Waals surface area contributed by atoms with E-state index in [9.17, 15) is 4.79 Å². The highest BCUT2D eigenvalue weighted by Gasteiger charge is 2.01. The number of nitrogens with two attached hydrogens (primary N) is 1. The molecule has 20 heavy (non-hydrogen) atoms. The lowest BCUT2D eigenvalue weighted by molar-refractivity contribution is -0.118. The molecule has 0 saturated heterocycles. The minimum atomic E-state index is -0.362. The second-order valence-electron chi connectivity index (χ2n) is 4.46. The van der Waals surface area contributed by atoms with Crippen LogP contribution in [0.2, 0.25) is 0 Å². The van der Waals surface area contributed by atoms with Crippen LogP contribution in [0.4, 0.5) is 5.69 Å². The van der Waals surface area contributed by atoms with Crippen molar-refractivity contribution in [1.29, 1.82) is 0 Å². The fraction of sp³-hybridized carbons (Fsp3) is 0.286. The van der Waals surface area contributed by atoms with Crippen LogP contribution in [0.3, 0.4) is 0 Å². The van der Waals surface area contributed by atoms with Gasteiger partial charge in [0.25, 0.3) is 0 Å². The fourth-order valence-electron chi connectivity index (χ4n) is 1.69. The van der Waals surface area contributed by atoms with Gasteiger partial charge in [-0.1, -0.05) is 0 Å². The first-order valence-electron chi connectivity index (χ1n) is 6.39. The van der Waals surface area contributed by atoms with Gasteiger partial charge < -0.3 is 15.8 Å². The molecule has 0 bridgehead atoms. The van der Waals surface area contributed by atoms with Crippen LogP contribution in [-0.4, -0.2) is 22.7 Å². The molecular weight excluding hydrogens is 256 g/mol. The molecule has 0 aliphatic carbocycles. The van der Waals surface area contributed by atoms with E-state index in [1.54, 1.807) is 0 Å². The van der Waals surface area contributed by atoms with Crippen LogP contribution < -0.4 is 15.8 Å². The Balaban J connectivity index is 1.82. The Morgan fingerprint density at radius 2 is 2.15 bits per heavy atom. The van der Waals surface area contributed by atoms with Crippen molar-refractivity contribution >= 4 is 11.6 Å². The van der Waals surface area contributed by atoms with E-state index in [0.29, 0.717) is 13.2 Å². The number of amides is 1. The summed E-state index contributed by atoms with van der Waals surface area (Å²) >= 11 is 0. The lowest BCUT2D eigenvalue weighted by atomic mass is 10.2. The number of anilines is 1. The topological polar surface area (TPSA) is 93.0 Å². The van der Waals surface area contributed by atoms with E-state index in [1.807, 2.05) is 37.4 Å². The first-order valence-corrected chi connectivity index (χ1v) is 6.39. The largest absolute Gasteiger partial charge is 0.493 e. The molecule has 0 unspecified atom stereocenters. The van der Waals surface area contributed by atoms with E-state index in [-0.39, 0.29) is 12.3 Å². The SMILES string of the molecule is Cc1[nH]ncc1CNc1ccc(OCCC(N)=O)cc1. The number of carbonyl (C=O) groups excluding carboxylic acids is 1. The van der Waals surface area contributed by atoms with Crippen molar-refractivity contribution in [3.63, 3.8) is 0 Å². The quantitative estimate of drug-likeness (QED) is 0.714. The molecule has 0 atom stereocenters. The van der Waals surface area contributed by atoms with Crippen molar-refractivity contribution in [2.24, 2.45) is 5.73 Å². The van der Waals surface area contributed by atoms with Crippen LogP contribution in [-0.2, 0) is 11.3 Å². The molecule has 106 valence electrons. The van der Waals surface area contributed by atoms with E-state index in [2.05, 4.69) is 15.5 Å². The van der Waals surface area contributed by atoms with Crippen molar-refractivity contribution < 1.29 is 9.53 Å². The Kier molecular flexibility index (Phi) is 4.60. The normalized spacial score (nSPS) is 10.2. The monoisotopic (exact) mass is 274 g/mol. The zero-order valence-corrected chi connectivity index (χ0v) is 11.3. The Morgan fingerprint density at radius 3 is 2.75 bits per heavy atom. The predicted molar refractivity (Wildman–Crippen MR) is 76.4 cm³/mol. The summed E-state index contributed by atoms with van der Waals surface area (Å²) in [4.78, 5) is 10.6. The van der Waals surface area contributed by atoms with Gasteiger partial charge >= 0.3 is 0 Å². The van der Waals surface area contributed by atoms with Gasteiger partial charge in [0.2, 0.25) is 5.91 Å². The van der Waals surface area contributed by atoms with Gasteiger partial charge in [-0.05, 0) is 31.2 Å². The summed E-state index contributed by atoms with van der Waals surface area (Å²) in [5.74, 6) is 0.357. The molecule has 0 aliphatic rings. The zero-order chi connectivity index (χ0) is 14.4. The zero-order valence-electron chi connectivity index (χ0n) is 11.3. The molecule has 0 saturated carbocycles. The Bertz CT molecular complexity index is 563. The summed E-state index contributed by atoms with van der Waals surface area (Å²) in [5.41, 5.74) is 8.23. The number of ether oxygens (including phenoxy) is 1. The minimum Gasteiger partial charge on any atom is -0.493 e. The highest BCUT2D eigenvalue weighted by atomic mass is 16.5. The van der Waals surface area contributed by atoms with Crippen LogP contribution >= 0.6 is 0 Å². The van der Waals surface area contributed by atoms with Crippen molar-refractivity contribution in [1.82, 2.24) is 10.2 Å². The second-order valence-corrected chi connectivity index (χ2v) is 4.46. The number of primary amides is 1. The Hall–Kier alpha value is -2.50. The summed E-state index contributed by atoms with van der Waals surface area (Å²) in [6.07, 6.45) is 2.03. The lowest BCUT2D eigenvalue weighted by Gasteiger charge is -2.08. The first kappa shape index (κ1) is 13.9. The van der Waals surface area contributed by atoms with E-state index in [4.69, 9.17) is 10.5 Å². The minimum absolute atomic E-state index is 0.222. The number of H-pyrrole nitrogens is 1. The number of carbonyl (C=O) groups is 1. The van der Waals surface area contributed by atoms with Gasteiger partial charge in [0, 0.05) is 23.5 Å². The van der Waals surface area contributed by atoms with Crippen LogP contribution in [0.5, 0.6) is 5.75 Å². The van der Waals surface area contributed by atoms with Gasteiger partial charge in [-0.25, -0.2) is 0 Å². The summed E-state index contributed by atoms with van der Waals surface area (Å²) < 4.78 is 5.40. The molecule has 0 aliphatic heterocycles. The number of nitrogens with zero attached hydrogens (tertiary/aromatic N) is 1. The lowest BCUT2D eigenvalue weighted by Crippen LogP contribution is -2.14. The molecule has 6 nitrogen and oxygen atoms in total. The standard InChI is InChI=1S/C14H18N4O2/c1-10-11(9-17-18-10)8-16-12-2-4-13(5-3-12)20-7-6-14(15)19/h2-5,9,16H,6-8H2,1H3,(H2,15,19)(H,17,18). The van der Waals surface area contributed by atoms with Gasteiger partial charge in [0.1, 0.15) is 5.75 Å². The maximum Gasteiger partial charge on any atom is 0.220 e. The summed E-state index contributed by atoms with van der Waals surface area (Å²) in [5, 5.41) is 10.2. The first-order chi connectivity index (χ1) is 9.65. The number of rotatable bonds is 7. The molecule has 2 aromatic rings. The van der Waals surface area contributed by atoms with Crippen molar-refractivity contribution in [3.05, 3.63) is 41.7 Å². The Morgan fingerprint density at radius 1 is 1.40 bits per heavy atom. The van der Waals surface area contributed by atoms with E-state index < -0.39 is 0 Å². The number of hydrogen-bond donors (Lipinski definition) is 3. The number of aromatic nitrogens is 2. The number of aromatic amines is 1. The smallest absolute Gasteiger partial charge is 0.220 e. The predicted octanol–water partition coefficient (Wildman–Crippen LogP) is 1.58. The highest BCUT2D eigenvalue weighted by Crippen LogP contribution is 2.17. The maximum absolute atomic E-state index is 10.6. The molecule has 1 heterocycles. The molecule has 6 heteroatoms. The van der Waals surface area contributed by atoms with Crippen molar-refractivity contribution in [3.8, 4) is 5.75 Å². The molecule has 1 aromatic carbocycles. The van der Waals surface area contributed by atoms with Gasteiger partial charge in [-0.15, -0.1) is 0 Å². The number of hydrogen-bond acceptors (Lipinski definition) is 4. The third-order valence-electron chi connectivity index (χ3n) is 2.89. The fourth-order valence-corrected chi connectivity index (χ4v) is 1.69. The van der Waals surface area contributed by atoms with Gasteiger partial charge in [-0.2, -0.15) is 5.10 Å². The molecule has 0 spiro atoms. The van der Waals surface area contributed by atoms with E-state index >= 15 is 0 Å². The summed E-state index contributed by atoms with van der Waals surface area (Å²) in [6, 6.07) is 7.56. The van der Waals surface area contributed by atoms with Crippen molar-refractivity contribution in [2.45, 2.75) is 19.9 Å². The van der Waals surface area contributed by atoms with Crippen LogP contribution in [0.15, 0.2) is 30.5 Å². The van der Waals surface area contributed by atoms with Crippen LogP contribution in [0.1, 0.15) is 17.7 Å². The average Bonchev–Trinajstić information content (AvgIpc) is 2.83. The average molecular weight is 274 g/mol. The van der Waals surface area contributed by atoms with Crippen LogP contribution in [0.25, 0.3) is 0 Å². The third-order valence-corrected chi connectivity index (χ3v) is 2.89. The number of nitrogens with one attached hydrogen (secondary N) is 2. The number of benzene rings is 1. The maximum atomic E-state index is 10.6.